The monoisotopic (exact) mass is 713 g/mol. The van der Waals surface area contributed by atoms with Crippen LogP contribution < -0.4 is 31.6 Å². The lowest BCUT2D eigenvalue weighted by molar-refractivity contribution is -0.158. The molecule has 1 saturated heterocycles. The van der Waals surface area contributed by atoms with Crippen molar-refractivity contribution in [2.24, 2.45) is 22.4 Å². The molecule has 3 amide bonds. The van der Waals surface area contributed by atoms with Gasteiger partial charge in [0.25, 0.3) is 0 Å². The van der Waals surface area contributed by atoms with E-state index in [0.717, 1.165) is 24.2 Å². The van der Waals surface area contributed by atoms with Crippen LogP contribution in [0.25, 0.3) is 0 Å². The van der Waals surface area contributed by atoms with Crippen molar-refractivity contribution in [1.82, 2.24) is 20.4 Å². The van der Waals surface area contributed by atoms with Crippen molar-refractivity contribution in [3.05, 3.63) is 35.1 Å². The number of carbonyl (C=O) groups is 4. The topological polar surface area (TPSA) is 231 Å². The van der Waals surface area contributed by atoms with Gasteiger partial charge in [0.2, 0.25) is 11.8 Å². The Morgan fingerprint density at radius 3 is 2.65 bits per heavy atom. The van der Waals surface area contributed by atoms with Crippen LogP contribution >= 0.6 is 0 Å². The van der Waals surface area contributed by atoms with Gasteiger partial charge in [-0.15, -0.1) is 0 Å². The zero-order valence-electron chi connectivity index (χ0n) is 29.8. The highest BCUT2D eigenvalue weighted by atomic mass is 16.6. The van der Waals surface area contributed by atoms with Crippen LogP contribution in [0.5, 0.6) is 11.5 Å². The number of nitrogens with one attached hydrogen (secondary N) is 2. The molecule has 8 N–H and O–H groups in total. The van der Waals surface area contributed by atoms with Crippen LogP contribution in [0.1, 0.15) is 63.0 Å². The molecular weight excluding hydrogens is 662 g/mol. The number of carboxylic acids is 1. The number of ether oxygens (including phenoxy) is 3. The molecule has 5 atom stereocenters. The number of nitrogens with zero attached hydrogens (tertiary/aromatic N) is 3. The Bertz CT molecular complexity index is 1580. The predicted molar refractivity (Wildman–Crippen MR) is 186 cm³/mol. The summed E-state index contributed by atoms with van der Waals surface area (Å²) in [6.07, 6.45) is 3.27. The molecule has 2 heterocycles. The number of fused-ring (bicyclic) bond motifs is 1. The van der Waals surface area contributed by atoms with Gasteiger partial charge in [0.05, 0.1) is 18.1 Å². The standard InChI is InChI=1S/C35H51N7O9/c1-20-7-10-24(49-4)29-28(20)34-13-16-42(19-22-8-9-22)21(2)35(34,48)12-11-25(30(34)51-29)50-33(47)41(3)17-15-38-31(46)23(6-5-14-39-32(36)37)40-26(43)18-27(44)45/h7,10-11,21-23,30,48H,5-6,8-9,12-19H2,1-4H3,(H,38,46)(H,40,43)(H,44,45)(H4,36,37,39). The number of likely N-dealkylation sites (N-methyl/N-ethyl adjacent to an activating group) is 1. The fourth-order valence-corrected chi connectivity index (χ4v) is 7.84. The molecule has 1 spiro atoms. The molecule has 51 heavy (non-hydrogen) atoms. The number of benzene rings is 1. The van der Waals surface area contributed by atoms with E-state index >= 15 is 0 Å². The average molecular weight is 714 g/mol. The van der Waals surface area contributed by atoms with E-state index in [0.29, 0.717) is 36.0 Å². The fraction of sp³-hybridized carbons (Fsp3) is 0.629. The number of amides is 3. The number of hydrogen-bond donors (Lipinski definition) is 6. The Balaban J connectivity index is 1.27. The van der Waals surface area contributed by atoms with Gasteiger partial charge in [-0.25, -0.2) is 4.79 Å². The lowest BCUT2D eigenvalue weighted by atomic mass is 9.54. The lowest BCUT2D eigenvalue weighted by Crippen LogP contribution is -2.72. The first-order valence-electron chi connectivity index (χ1n) is 17.5. The number of methoxy groups -OCH3 is 1. The van der Waals surface area contributed by atoms with E-state index in [4.69, 9.17) is 30.8 Å². The maximum atomic E-state index is 13.5. The molecule has 16 heteroatoms. The largest absolute Gasteiger partial charge is 0.493 e. The number of carboxylic acid groups (broad SMARTS) is 1. The third-order valence-electron chi connectivity index (χ3n) is 10.7. The van der Waals surface area contributed by atoms with Gasteiger partial charge in [-0.1, -0.05) is 6.07 Å². The third-order valence-corrected chi connectivity index (χ3v) is 10.7. The molecule has 2 aliphatic heterocycles. The second-order valence-electron chi connectivity index (χ2n) is 14.1. The minimum Gasteiger partial charge on any atom is -0.493 e. The Morgan fingerprint density at radius 2 is 1.98 bits per heavy atom. The van der Waals surface area contributed by atoms with Crippen molar-refractivity contribution < 1.29 is 43.6 Å². The summed E-state index contributed by atoms with van der Waals surface area (Å²) in [4.78, 5) is 57.1. The van der Waals surface area contributed by atoms with Crippen LogP contribution in [0.4, 0.5) is 4.79 Å². The summed E-state index contributed by atoms with van der Waals surface area (Å²) in [5, 5.41) is 26.8. The highest BCUT2D eigenvalue weighted by molar-refractivity contribution is 5.96. The van der Waals surface area contributed by atoms with Crippen molar-refractivity contribution in [2.75, 3.05) is 46.9 Å². The van der Waals surface area contributed by atoms with Crippen molar-refractivity contribution in [1.29, 1.82) is 0 Å². The van der Waals surface area contributed by atoms with E-state index in [1.54, 1.807) is 13.2 Å². The molecule has 2 aliphatic carbocycles. The van der Waals surface area contributed by atoms with Crippen molar-refractivity contribution in [2.45, 2.75) is 88.0 Å². The van der Waals surface area contributed by atoms with Gasteiger partial charge in [0.1, 0.15) is 18.2 Å². The summed E-state index contributed by atoms with van der Waals surface area (Å²) < 4.78 is 18.3. The van der Waals surface area contributed by atoms with E-state index < -0.39 is 53.5 Å². The first kappa shape index (κ1) is 37.7. The summed E-state index contributed by atoms with van der Waals surface area (Å²) in [6, 6.07) is 2.60. The number of rotatable bonds is 15. The van der Waals surface area contributed by atoms with Crippen LogP contribution in [0, 0.1) is 12.8 Å². The van der Waals surface area contributed by atoms with Crippen molar-refractivity contribution in [3.8, 4) is 11.5 Å². The SMILES string of the molecule is COc1ccc(C)c2c1OC1C(OC(=O)N(C)CCNC(=O)C(CCCN=C(N)N)NC(=O)CC(=O)O)=CCC3(O)C(C)N(CC4CC4)CCC213. The number of aryl methyl sites for hydroxylation is 1. The number of carbonyl (C=O) groups excluding carboxylic acids is 3. The van der Waals surface area contributed by atoms with E-state index in [1.165, 1.54) is 24.8 Å². The highest BCUT2D eigenvalue weighted by Crippen LogP contribution is 2.63. The van der Waals surface area contributed by atoms with Gasteiger partial charge in [0.15, 0.2) is 23.6 Å². The molecule has 1 aromatic rings. The molecule has 0 bridgehead atoms. The lowest BCUT2D eigenvalue weighted by Gasteiger charge is -2.59. The quantitative estimate of drug-likeness (QED) is 0.0639. The minimum absolute atomic E-state index is 0.0163. The average Bonchev–Trinajstić information content (AvgIpc) is 3.82. The van der Waals surface area contributed by atoms with Gasteiger partial charge in [0, 0.05) is 51.3 Å². The molecule has 0 radical (unpaired) electrons. The number of nitrogens with two attached hydrogens (primary N) is 2. The summed E-state index contributed by atoms with van der Waals surface area (Å²) in [7, 11) is 3.10. The second-order valence-corrected chi connectivity index (χ2v) is 14.1. The van der Waals surface area contributed by atoms with Crippen molar-refractivity contribution in [3.63, 3.8) is 0 Å². The Kier molecular flexibility index (Phi) is 11.3. The van der Waals surface area contributed by atoms with Crippen molar-refractivity contribution >= 4 is 29.8 Å². The van der Waals surface area contributed by atoms with E-state index in [-0.39, 0.29) is 44.5 Å². The number of aliphatic carboxylic acids is 1. The molecular formula is C35H51N7O9. The molecule has 5 rings (SSSR count). The van der Waals surface area contributed by atoms with E-state index in [1.807, 2.05) is 19.1 Å². The van der Waals surface area contributed by atoms with Gasteiger partial charge in [-0.2, -0.15) is 0 Å². The second kappa shape index (κ2) is 15.4. The molecule has 280 valence electrons. The number of likely N-dealkylation sites (tertiary alicyclic amines) is 1. The number of aliphatic imine (C=N–C) groups is 1. The summed E-state index contributed by atoms with van der Waals surface area (Å²) in [5.41, 5.74) is 10.4. The zero-order valence-corrected chi connectivity index (χ0v) is 29.8. The van der Waals surface area contributed by atoms with Gasteiger partial charge in [-0.3, -0.25) is 24.3 Å². The van der Waals surface area contributed by atoms with Crippen LogP contribution in [0.2, 0.25) is 0 Å². The van der Waals surface area contributed by atoms with Gasteiger partial charge >= 0.3 is 12.1 Å². The molecule has 0 aromatic heterocycles. The molecule has 2 fully saturated rings. The number of aliphatic hydroxyl groups is 1. The fourth-order valence-electron chi connectivity index (χ4n) is 7.84. The molecule has 1 saturated carbocycles. The predicted octanol–water partition coefficient (Wildman–Crippen LogP) is 0.723. The highest BCUT2D eigenvalue weighted by Gasteiger charge is 2.69. The van der Waals surface area contributed by atoms with Crippen LogP contribution in [-0.2, 0) is 24.5 Å². The van der Waals surface area contributed by atoms with Crippen LogP contribution in [0.3, 0.4) is 0 Å². The first-order valence-corrected chi connectivity index (χ1v) is 17.5. The van der Waals surface area contributed by atoms with E-state index in [2.05, 4.69) is 27.4 Å². The Morgan fingerprint density at radius 1 is 1.24 bits per heavy atom. The summed E-state index contributed by atoms with van der Waals surface area (Å²) in [6.45, 7) is 6.05. The number of piperidine rings is 1. The first-order chi connectivity index (χ1) is 24.2. The normalized spacial score (nSPS) is 25.5. The van der Waals surface area contributed by atoms with Gasteiger partial charge < -0.3 is 51.4 Å². The van der Waals surface area contributed by atoms with Crippen LogP contribution in [0.15, 0.2) is 29.0 Å². The molecule has 5 unspecified atom stereocenters. The maximum Gasteiger partial charge on any atom is 0.414 e. The molecule has 16 nitrogen and oxygen atoms in total. The molecule has 1 aromatic carbocycles. The Hall–Kier alpha value is -4.57. The summed E-state index contributed by atoms with van der Waals surface area (Å²) in [5.74, 6) is -0.757. The molecule has 4 aliphatic rings. The minimum atomic E-state index is -1.33. The maximum absolute atomic E-state index is 13.5. The Labute approximate surface area is 297 Å². The van der Waals surface area contributed by atoms with Gasteiger partial charge in [-0.05, 0) is 76.1 Å². The van der Waals surface area contributed by atoms with Crippen LogP contribution in [-0.4, -0.2) is 121 Å². The summed E-state index contributed by atoms with van der Waals surface area (Å²) >= 11 is 0. The van der Waals surface area contributed by atoms with E-state index in [9.17, 15) is 24.3 Å². The zero-order chi connectivity index (χ0) is 37.1. The smallest absolute Gasteiger partial charge is 0.414 e. The third kappa shape index (κ3) is 7.71. The number of guanidine groups is 1. The number of hydrogen-bond acceptors (Lipinski definition) is 10.